The third kappa shape index (κ3) is 4.20. The minimum absolute atomic E-state index is 0.0389. The normalized spacial score (nSPS) is 15.6. The summed E-state index contributed by atoms with van der Waals surface area (Å²) >= 11 is 0. The monoisotopic (exact) mass is 407 g/mol. The van der Waals surface area contributed by atoms with Crippen molar-refractivity contribution >= 4 is 15.9 Å². The molecule has 1 aliphatic rings. The first-order valence-corrected chi connectivity index (χ1v) is 10.6. The van der Waals surface area contributed by atoms with E-state index < -0.39 is 10.0 Å². The van der Waals surface area contributed by atoms with E-state index in [1.807, 2.05) is 31.2 Å². The van der Waals surface area contributed by atoms with E-state index in [0.717, 1.165) is 11.3 Å². The van der Waals surface area contributed by atoms with Crippen LogP contribution in [-0.4, -0.2) is 61.5 Å². The number of nitrogens with zero attached hydrogens (tertiary/aromatic N) is 3. The molecule has 0 unspecified atom stereocenters. The highest BCUT2D eigenvalue weighted by Gasteiger charge is 2.34. The SMILES string of the molecule is Cc1ccccc1OCCC(=O)N1CCN(S(=O)(=O)c2c(C)noc2C)CC1. The van der Waals surface area contributed by atoms with Gasteiger partial charge in [0.15, 0.2) is 5.76 Å². The Hall–Kier alpha value is -2.39. The number of hydrogen-bond donors (Lipinski definition) is 0. The fraction of sp³-hybridized carbons (Fsp3) is 0.474. The Bertz CT molecular complexity index is 927. The Balaban J connectivity index is 1.52. The van der Waals surface area contributed by atoms with Gasteiger partial charge in [0.25, 0.3) is 0 Å². The van der Waals surface area contributed by atoms with Crippen LogP contribution in [0.25, 0.3) is 0 Å². The van der Waals surface area contributed by atoms with Crippen molar-refractivity contribution in [2.24, 2.45) is 0 Å². The summed E-state index contributed by atoms with van der Waals surface area (Å²) < 4.78 is 37.7. The molecular weight excluding hydrogens is 382 g/mol. The number of sulfonamides is 1. The third-order valence-electron chi connectivity index (χ3n) is 4.82. The fourth-order valence-electron chi connectivity index (χ4n) is 3.27. The standard InChI is InChI=1S/C19H25N3O5S/c1-14-6-4-5-7-17(14)26-13-8-18(23)21-9-11-22(12-10-21)28(24,25)19-15(2)20-27-16(19)3/h4-7H,8-13H2,1-3H3. The zero-order valence-corrected chi connectivity index (χ0v) is 17.2. The molecule has 0 radical (unpaired) electrons. The van der Waals surface area contributed by atoms with Crippen molar-refractivity contribution < 1.29 is 22.5 Å². The molecule has 0 N–H and O–H groups in total. The van der Waals surface area contributed by atoms with E-state index in [1.165, 1.54) is 4.31 Å². The molecule has 2 heterocycles. The minimum atomic E-state index is -3.67. The lowest BCUT2D eigenvalue weighted by atomic mass is 10.2. The topological polar surface area (TPSA) is 93.0 Å². The van der Waals surface area contributed by atoms with E-state index >= 15 is 0 Å². The predicted molar refractivity (Wildman–Crippen MR) is 103 cm³/mol. The van der Waals surface area contributed by atoms with Gasteiger partial charge in [-0.3, -0.25) is 4.79 Å². The smallest absolute Gasteiger partial charge is 0.248 e. The van der Waals surface area contributed by atoms with Crippen LogP contribution in [0.15, 0.2) is 33.7 Å². The molecule has 2 aromatic rings. The zero-order valence-electron chi connectivity index (χ0n) is 16.3. The molecule has 28 heavy (non-hydrogen) atoms. The Kier molecular flexibility index (Phi) is 6.04. The van der Waals surface area contributed by atoms with Crippen LogP contribution in [0.2, 0.25) is 0 Å². The van der Waals surface area contributed by atoms with Crippen molar-refractivity contribution in [3.8, 4) is 5.75 Å². The first-order valence-electron chi connectivity index (χ1n) is 9.20. The van der Waals surface area contributed by atoms with Gasteiger partial charge in [-0.15, -0.1) is 0 Å². The molecule has 1 aliphatic heterocycles. The van der Waals surface area contributed by atoms with E-state index in [9.17, 15) is 13.2 Å². The summed E-state index contributed by atoms with van der Waals surface area (Å²) in [7, 11) is -3.67. The van der Waals surface area contributed by atoms with Gasteiger partial charge < -0.3 is 14.2 Å². The van der Waals surface area contributed by atoms with Gasteiger partial charge in [0.1, 0.15) is 16.3 Å². The largest absolute Gasteiger partial charge is 0.493 e. The van der Waals surface area contributed by atoms with E-state index in [4.69, 9.17) is 9.26 Å². The van der Waals surface area contributed by atoms with Crippen LogP contribution in [0.3, 0.4) is 0 Å². The Morgan fingerprint density at radius 2 is 1.82 bits per heavy atom. The van der Waals surface area contributed by atoms with Gasteiger partial charge in [0, 0.05) is 26.2 Å². The van der Waals surface area contributed by atoms with E-state index in [0.29, 0.717) is 25.4 Å². The number of carbonyl (C=O) groups is 1. The zero-order chi connectivity index (χ0) is 20.3. The lowest BCUT2D eigenvalue weighted by Crippen LogP contribution is -2.50. The maximum absolute atomic E-state index is 12.8. The van der Waals surface area contributed by atoms with Crippen molar-refractivity contribution in [2.45, 2.75) is 32.1 Å². The first-order chi connectivity index (χ1) is 13.3. The molecule has 0 spiro atoms. The number of aryl methyl sites for hydroxylation is 3. The predicted octanol–water partition coefficient (Wildman–Crippen LogP) is 1.90. The van der Waals surface area contributed by atoms with Gasteiger partial charge in [0.2, 0.25) is 15.9 Å². The number of aromatic nitrogens is 1. The molecule has 1 fully saturated rings. The molecule has 0 atom stereocenters. The molecule has 1 aromatic heterocycles. The maximum Gasteiger partial charge on any atom is 0.248 e. The molecule has 1 aromatic carbocycles. The van der Waals surface area contributed by atoms with Crippen LogP contribution in [0, 0.1) is 20.8 Å². The molecule has 0 saturated carbocycles. The number of para-hydroxylation sites is 1. The van der Waals surface area contributed by atoms with Crippen molar-refractivity contribution in [2.75, 3.05) is 32.8 Å². The van der Waals surface area contributed by atoms with E-state index in [-0.39, 0.29) is 36.1 Å². The molecule has 1 saturated heterocycles. The lowest BCUT2D eigenvalue weighted by Gasteiger charge is -2.34. The second-order valence-electron chi connectivity index (χ2n) is 6.80. The van der Waals surface area contributed by atoms with Gasteiger partial charge in [-0.25, -0.2) is 8.42 Å². The summed E-state index contributed by atoms with van der Waals surface area (Å²) in [5.41, 5.74) is 1.37. The number of amides is 1. The average Bonchev–Trinajstić information content (AvgIpc) is 3.02. The Morgan fingerprint density at radius 1 is 1.14 bits per heavy atom. The maximum atomic E-state index is 12.8. The van der Waals surface area contributed by atoms with Crippen molar-refractivity contribution in [1.82, 2.24) is 14.4 Å². The summed E-state index contributed by atoms with van der Waals surface area (Å²) in [6, 6.07) is 7.65. The molecule has 0 bridgehead atoms. The average molecular weight is 407 g/mol. The van der Waals surface area contributed by atoms with Crippen LogP contribution in [0.5, 0.6) is 5.75 Å². The summed E-state index contributed by atoms with van der Waals surface area (Å²) in [6.07, 6.45) is 0.255. The number of benzene rings is 1. The molecule has 8 nitrogen and oxygen atoms in total. The van der Waals surface area contributed by atoms with Crippen LogP contribution in [0.1, 0.15) is 23.4 Å². The second kappa shape index (κ2) is 8.32. The first kappa shape index (κ1) is 20.3. The lowest BCUT2D eigenvalue weighted by molar-refractivity contribution is -0.132. The molecule has 3 rings (SSSR count). The highest BCUT2D eigenvalue weighted by Crippen LogP contribution is 2.24. The molecule has 152 valence electrons. The molecular formula is C19H25N3O5S. The van der Waals surface area contributed by atoms with Crippen LogP contribution >= 0.6 is 0 Å². The van der Waals surface area contributed by atoms with Crippen molar-refractivity contribution in [3.05, 3.63) is 41.3 Å². The van der Waals surface area contributed by atoms with Gasteiger partial charge in [0.05, 0.1) is 13.0 Å². The van der Waals surface area contributed by atoms with E-state index in [2.05, 4.69) is 5.16 Å². The highest BCUT2D eigenvalue weighted by atomic mass is 32.2. The number of rotatable bonds is 6. The van der Waals surface area contributed by atoms with Crippen LogP contribution in [-0.2, 0) is 14.8 Å². The molecule has 9 heteroatoms. The van der Waals surface area contributed by atoms with Gasteiger partial charge in [-0.2, -0.15) is 4.31 Å². The second-order valence-corrected chi connectivity index (χ2v) is 8.68. The number of ether oxygens (including phenoxy) is 1. The minimum Gasteiger partial charge on any atom is -0.493 e. The Morgan fingerprint density at radius 3 is 2.43 bits per heavy atom. The van der Waals surface area contributed by atoms with Gasteiger partial charge >= 0.3 is 0 Å². The fourth-order valence-corrected chi connectivity index (χ4v) is 4.99. The number of hydrogen-bond acceptors (Lipinski definition) is 6. The van der Waals surface area contributed by atoms with Crippen molar-refractivity contribution in [1.29, 1.82) is 0 Å². The Labute approximate surface area is 165 Å². The third-order valence-corrected chi connectivity index (χ3v) is 6.97. The van der Waals surface area contributed by atoms with Crippen LogP contribution < -0.4 is 4.74 Å². The quantitative estimate of drug-likeness (QED) is 0.726. The van der Waals surface area contributed by atoms with Gasteiger partial charge in [-0.05, 0) is 32.4 Å². The van der Waals surface area contributed by atoms with Crippen LogP contribution in [0.4, 0.5) is 0 Å². The molecule has 1 amide bonds. The van der Waals surface area contributed by atoms with E-state index in [1.54, 1.807) is 18.7 Å². The summed E-state index contributed by atoms with van der Waals surface area (Å²) in [4.78, 5) is 14.2. The highest BCUT2D eigenvalue weighted by molar-refractivity contribution is 7.89. The van der Waals surface area contributed by atoms with Crippen molar-refractivity contribution in [3.63, 3.8) is 0 Å². The number of piperazine rings is 1. The summed E-state index contributed by atoms with van der Waals surface area (Å²) in [6.45, 7) is 6.64. The summed E-state index contributed by atoms with van der Waals surface area (Å²) in [5, 5.41) is 3.73. The van der Waals surface area contributed by atoms with Gasteiger partial charge in [-0.1, -0.05) is 23.4 Å². The molecule has 0 aliphatic carbocycles. The number of carbonyl (C=O) groups excluding carboxylic acids is 1. The summed E-state index contributed by atoms with van der Waals surface area (Å²) in [5.74, 6) is 1.01.